The number of hydrogen-bond acceptors (Lipinski definition) is 4. The smallest absolute Gasteiger partial charge is 0.240 e. The van der Waals surface area contributed by atoms with E-state index in [1.54, 1.807) is 12.1 Å². The highest BCUT2D eigenvalue weighted by Crippen LogP contribution is 2.27. The van der Waals surface area contributed by atoms with Gasteiger partial charge in [-0.25, -0.2) is 13.1 Å². The van der Waals surface area contributed by atoms with Crippen LogP contribution in [-0.4, -0.2) is 46.0 Å². The molecule has 1 atom stereocenters. The van der Waals surface area contributed by atoms with Gasteiger partial charge >= 0.3 is 0 Å². The summed E-state index contributed by atoms with van der Waals surface area (Å²) in [7, 11) is -3.57. The predicted octanol–water partition coefficient (Wildman–Crippen LogP) is 4.45. The molecule has 1 aliphatic rings. The van der Waals surface area contributed by atoms with Crippen molar-refractivity contribution in [2.45, 2.75) is 31.7 Å². The summed E-state index contributed by atoms with van der Waals surface area (Å²) in [6.45, 7) is 10.2. The Morgan fingerprint density at radius 3 is 2.12 bits per heavy atom. The Hall–Kier alpha value is -2.67. The summed E-state index contributed by atoms with van der Waals surface area (Å²) in [5.41, 5.74) is 6.03. The molecule has 174 valence electrons. The third kappa shape index (κ3) is 5.64. The van der Waals surface area contributed by atoms with Gasteiger partial charge in [-0.05, 0) is 55.7 Å². The molecular formula is C27H33N3O2S. The maximum absolute atomic E-state index is 12.9. The van der Waals surface area contributed by atoms with Gasteiger partial charge < -0.3 is 4.90 Å². The second kappa shape index (κ2) is 10.1. The fourth-order valence-corrected chi connectivity index (χ4v) is 5.50. The first-order valence-corrected chi connectivity index (χ1v) is 13.0. The molecular weight excluding hydrogens is 430 g/mol. The zero-order valence-electron chi connectivity index (χ0n) is 19.7. The molecule has 0 bridgehead atoms. The lowest BCUT2D eigenvalue weighted by Crippen LogP contribution is -2.50. The van der Waals surface area contributed by atoms with Crippen LogP contribution >= 0.6 is 0 Å². The van der Waals surface area contributed by atoms with Crippen LogP contribution < -0.4 is 9.62 Å². The largest absolute Gasteiger partial charge is 0.369 e. The number of piperazine rings is 1. The van der Waals surface area contributed by atoms with E-state index in [0.29, 0.717) is 11.4 Å². The number of nitrogens with zero attached hydrogens (tertiary/aromatic N) is 2. The third-order valence-electron chi connectivity index (χ3n) is 6.44. The fourth-order valence-electron chi connectivity index (χ4n) is 4.46. The van der Waals surface area contributed by atoms with Gasteiger partial charge in [0.05, 0.1) is 4.90 Å². The normalized spacial score (nSPS) is 16.0. The lowest BCUT2D eigenvalue weighted by atomic mass is 10.0. The van der Waals surface area contributed by atoms with Crippen molar-refractivity contribution >= 4 is 15.7 Å². The molecule has 3 aromatic rings. The van der Waals surface area contributed by atoms with Crippen molar-refractivity contribution in [3.05, 3.63) is 95.1 Å². The van der Waals surface area contributed by atoms with Crippen LogP contribution in [-0.2, 0) is 10.0 Å². The van der Waals surface area contributed by atoms with Crippen LogP contribution in [0.3, 0.4) is 0 Å². The maximum Gasteiger partial charge on any atom is 0.240 e. The van der Waals surface area contributed by atoms with Gasteiger partial charge in [0.2, 0.25) is 10.0 Å². The van der Waals surface area contributed by atoms with Gasteiger partial charge in [0.15, 0.2) is 0 Å². The Morgan fingerprint density at radius 2 is 1.45 bits per heavy atom. The van der Waals surface area contributed by atoms with E-state index in [2.05, 4.69) is 58.7 Å². The highest BCUT2D eigenvalue weighted by Gasteiger charge is 2.27. The van der Waals surface area contributed by atoms with E-state index < -0.39 is 10.0 Å². The quantitative estimate of drug-likeness (QED) is 0.562. The first-order valence-electron chi connectivity index (χ1n) is 11.5. The van der Waals surface area contributed by atoms with Crippen LogP contribution in [0.4, 0.5) is 5.69 Å². The number of benzene rings is 3. The lowest BCUT2D eigenvalue weighted by molar-refractivity contribution is 0.187. The van der Waals surface area contributed by atoms with Crippen LogP contribution in [0.2, 0.25) is 0 Å². The summed E-state index contributed by atoms with van der Waals surface area (Å²) in [6, 6.07) is 23.8. The fraction of sp³-hybridized carbons (Fsp3) is 0.333. The van der Waals surface area contributed by atoms with E-state index in [-0.39, 0.29) is 6.04 Å². The molecule has 0 saturated carbocycles. The van der Waals surface area contributed by atoms with E-state index in [0.717, 1.165) is 37.3 Å². The molecule has 33 heavy (non-hydrogen) atoms. The van der Waals surface area contributed by atoms with Gasteiger partial charge in [0, 0.05) is 44.5 Å². The van der Waals surface area contributed by atoms with E-state index >= 15 is 0 Å². The molecule has 1 fully saturated rings. The van der Waals surface area contributed by atoms with E-state index in [1.807, 2.05) is 37.3 Å². The van der Waals surface area contributed by atoms with Crippen molar-refractivity contribution in [2.24, 2.45) is 0 Å². The molecule has 4 rings (SSSR count). The van der Waals surface area contributed by atoms with Crippen LogP contribution in [0.1, 0.15) is 28.3 Å². The topological polar surface area (TPSA) is 52.7 Å². The minimum Gasteiger partial charge on any atom is -0.369 e. The van der Waals surface area contributed by atoms with Crippen molar-refractivity contribution in [3.63, 3.8) is 0 Å². The number of sulfonamides is 1. The molecule has 0 aliphatic carbocycles. The average molecular weight is 464 g/mol. The summed E-state index contributed by atoms with van der Waals surface area (Å²) in [6.07, 6.45) is 0. The van der Waals surface area contributed by atoms with Crippen molar-refractivity contribution < 1.29 is 8.42 Å². The molecule has 6 heteroatoms. The zero-order valence-corrected chi connectivity index (χ0v) is 20.5. The SMILES string of the molecule is Cc1ccc(S(=O)(=O)NC[C@H](c2ccccc2)N2CCN(c3cc(C)ccc3C)CC2)cc1. The highest BCUT2D eigenvalue weighted by molar-refractivity contribution is 7.89. The number of anilines is 1. The second-order valence-corrected chi connectivity index (χ2v) is 10.7. The number of hydrogen-bond donors (Lipinski definition) is 1. The van der Waals surface area contributed by atoms with Crippen LogP contribution in [0.5, 0.6) is 0 Å². The molecule has 0 radical (unpaired) electrons. The Kier molecular flexibility index (Phi) is 7.17. The Bertz CT molecular complexity index is 1170. The molecule has 1 saturated heterocycles. The van der Waals surface area contributed by atoms with Crippen LogP contribution in [0.15, 0.2) is 77.7 Å². The van der Waals surface area contributed by atoms with E-state index in [9.17, 15) is 8.42 Å². The molecule has 3 aromatic carbocycles. The molecule has 0 spiro atoms. The van der Waals surface area contributed by atoms with Gasteiger partial charge in [0.1, 0.15) is 0 Å². The van der Waals surface area contributed by atoms with Crippen molar-refractivity contribution in [1.82, 2.24) is 9.62 Å². The van der Waals surface area contributed by atoms with Gasteiger partial charge in [0.25, 0.3) is 0 Å². The number of nitrogens with one attached hydrogen (secondary N) is 1. The summed E-state index contributed by atoms with van der Waals surface area (Å²) in [5, 5.41) is 0. The molecule has 5 nitrogen and oxygen atoms in total. The third-order valence-corrected chi connectivity index (χ3v) is 7.88. The minimum atomic E-state index is -3.57. The van der Waals surface area contributed by atoms with Crippen LogP contribution in [0.25, 0.3) is 0 Å². The van der Waals surface area contributed by atoms with E-state index in [4.69, 9.17) is 0 Å². The Balaban J connectivity index is 1.49. The lowest BCUT2D eigenvalue weighted by Gasteiger charge is -2.41. The Labute approximate surface area is 198 Å². The van der Waals surface area contributed by atoms with E-state index in [1.165, 1.54) is 16.8 Å². The zero-order chi connectivity index (χ0) is 23.4. The van der Waals surface area contributed by atoms with Crippen molar-refractivity contribution in [2.75, 3.05) is 37.6 Å². The molecule has 1 heterocycles. The summed E-state index contributed by atoms with van der Waals surface area (Å²) in [5.74, 6) is 0. The van der Waals surface area contributed by atoms with Crippen LogP contribution in [0, 0.1) is 20.8 Å². The van der Waals surface area contributed by atoms with Crippen molar-refractivity contribution in [1.29, 1.82) is 0 Å². The first-order chi connectivity index (χ1) is 15.8. The standard InChI is InChI=1S/C27H33N3O2S/c1-21-10-13-25(14-11-21)33(31,32)28-20-27(24-7-5-4-6-8-24)30-17-15-29(16-18-30)26-19-22(2)9-12-23(26)3/h4-14,19,27-28H,15-18,20H2,1-3H3/t27-/m1/s1. The summed E-state index contributed by atoms with van der Waals surface area (Å²) < 4.78 is 28.7. The molecule has 1 N–H and O–H groups in total. The molecule has 0 unspecified atom stereocenters. The first kappa shape index (κ1) is 23.5. The van der Waals surface area contributed by atoms with Gasteiger partial charge in [-0.1, -0.05) is 60.2 Å². The van der Waals surface area contributed by atoms with Crippen molar-refractivity contribution in [3.8, 4) is 0 Å². The summed E-state index contributed by atoms with van der Waals surface area (Å²) in [4.78, 5) is 5.14. The summed E-state index contributed by atoms with van der Waals surface area (Å²) >= 11 is 0. The second-order valence-electron chi connectivity index (χ2n) is 8.90. The van der Waals surface area contributed by atoms with Gasteiger partial charge in [-0.2, -0.15) is 0 Å². The Morgan fingerprint density at radius 1 is 0.818 bits per heavy atom. The highest BCUT2D eigenvalue weighted by atomic mass is 32.2. The molecule has 1 aliphatic heterocycles. The molecule has 0 amide bonds. The average Bonchev–Trinajstić information content (AvgIpc) is 2.82. The molecule has 0 aromatic heterocycles. The van der Waals surface area contributed by atoms with Gasteiger partial charge in [-0.3, -0.25) is 4.90 Å². The number of rotatable bonds is 7. The monoisotopic (exact) mass is 463 g/mol. The minimum absolute atomic E-state index is 0.0211. The maximum atomic E-state index is 12.9. The number of aryl methyl sites for hydroxylation is 3. The van der Waals surface area contributed by atoms with Gasteiger partial charge in [-0.15, -0.1) is 0 Å². The predicted molar refractivity (Wildman–Crippen MR) is 135 cm³/mol.